The van der Waals surface area contributed by atoms with E-state index >= 15 is 0 Å². The van der Waals surface area contributed by atoms with Crippen molar-refractivity contribution in [1.82, 2.24) is 0 Å². The first-order valence-corrected chi connectivity index (χ1v) is 4.05. The van der Waals surface area contributed by atoms with Gasteiger partial charge in [0.2, 0.25) is 0 Å². The average Bonchev–Trinajstić information content (AvgIpc) is 2.20. The number of hydrogen-bond donors (Lipinski definition) is 1. The first kappa shape index (κ1) is 10.5. The number of hydrogen-bond acceptors (Lipinski definition) is 4. The number of benzene rings is 1. The van der Waals surface area contributed by atoms with Crippen LogP contribution < -0.4 is 0 Å². The zero-order valence-electron chi connectivity index (χ0n) is 7.24. The summed E-state index contributed by atoms with van der Waals surface area (Å²) in [6.07, 6.45) is 0. The summed E-state index contributed by atoms with van der Waals surface area (Å²) >= 11 is 3.79. The third kappa shape index (κ3) is 1.86. The van der Waals surface area contributed by atoms with Crippen LogP contribution in [0.2, 0.25) is 0 Å². The standard InChI is InChI=1S/C9H6FNO2S/c1-13-9(12)6-3-8(14)7(10)2-5(6)4-11/h2-3,14H,1H3. The third-order valence-corrected chi connectivity index (χ3v) is 1.96. The normalized spacial score (nSPS) is 9.29. The van der Waals surface area contributed by atoms with Gasteiger partial charge in [-0.3, -0.25) is 0 Å². The predicted molar refractivity (Wildman–Crippen MR) is 49.7 cm³/mol. The molecule has 0 atom stereocenters. The summed E-state index contributed by atoms with van der Waals surface area (Å²) in [5.74, 6) is -1.32. The van der Waals surface area contributed by atoms with E-state index in [2.05, 4.69) is 17.4 Å². The van der Waals surface area contributed by atoms with Crippen LogP contribution in [0.25, 0.3) is 0 Å². The fourth-order valence-electron chi connectivity index (χ4n) is 0.933. The first-order chi connectivity index (χ1) is 6.60. The molecular formula is C9H6FNO2S. The van der Waals surface area contributed by atoms with Crippen LogP contribution in [0.5, 0.6) is 0 Å². The molecule has 0 aromatic heterocycles. The van der Waals surface area contributed by atoms with Crippen molar-refractivity contribution in [2.45, 2.75) is 4.90 Å². The molecule has 0 spiro atoms. The Balaban J connectivity index is 3.36. The van der Waals surface area contributed by atoms with E-state index in [-0.39, 0.29) is 16.0 Å². The van der Waals surface area contributed by atoms with Gasteiger partial charge in [0.1, 0.15) is 11.9 Å². The minimum absolute atomic E-state index is 0.00407. The monoisotopic (exact) mass is 211 g/mol. The van der Waals surface area contributed by atoms with Gasteiger partial charge >= 0.3 is 5.97 Å². The van der Waals surface area contributed by atoms with E-state index in [1.54, 1.807) is 6.07 Å². The van der Waals surface area contributed by atoms with Gasteiger partial charge in [-0.2, -0.15) is 5.26 Å². The number of ether oxygens (including phenoxy) is 1. The summed E-state index contributed by atoms with van der Waals surface area (Å²) in [5.41, 5.74) is -0.0476. The average molecular weight is 211 g/mol. The fourth-order valence-corrected chi connectivity index (χ4v) is 1.13. The van der Waals surface area contributed by atoms with E-state index in [4.69, 9.17) is 5.26 Å². The van der Waals surface area contributed by atoms with Crippen molar-refractivity contribution < 1.29 is 13.9 Å². The molecule has 0 amide bonds. The van der Waals surface area contributed by atoms with Crippen molar-refractivity contribution in [3.8, 4) is 6.07 Å². The highest BCUT2D eigenvalue weighted by atomic mass is 32.1. The number of halogens is 1. The Hall–Kier alpha value is -1.54. The van der Waals surface area contributed by atoms with Crippen molar-refractivity contribution in [2.24, 2.45) is 0 Å². The Kier molecular flexibility index (Phi) is 3.10. The zero-order valence-corrected chi connectivity index (χ0v) is 8.14. The second-order valence-corrected chi connectivity index (χ2v) is 2.93. The molecule has 0 aliphatic carbocycles. The van der Waals surface area contributed by atoms with Crippen LogP contribution in [-0.4, -0.2) is 13.1 Å². The highest BCUT2D eigenvalue weighted by Gasteiger charge is 2.14. The van der Waals surface area contributed by atoms with Crippen molar-refractivity contribution in [1.29, 1.82) is 5.26 Å². The van der Waals surface area contributed by atoms with Crippen LogP contribution in [-0.2, 0) is 4.74 Å². The molecule has 5 heteroatoms. The summed E-state index contributed by atoms with van der Waals surface area (Å²) in [5, 5.41) is 8.63. The summed E-state index contributed by atoms with van der Waals surface area (Å²) < 4.78 is 17.4. The molecule has 0 saturated carbocycles. The van der Waals surface area contributed by atoms with E-state index in [0.717, 1.165) is 6.07 Å². The lowest BCUT2D eigenvalue weighted by molar-refractivity contribution is 0.0600. The van der Waals surface area contributed by atoms with Crippen LogP contribution in [0.1, 0.15) is 15.9 Å². The molecule has 0 N–H and O–H groups in total. The summed E-state index contributed by atoms with van der Waals surface area (Å²) in [7, 11) is 1.19. The van der Waals surface area contributed by atoms with Gasteiger partial charge in [0.15, 0.2) is 0 Å². The first-order valence-electron chi connectivity index (χ1n) is 3.61. The molecule has 14 heavy (non-hydrogen) atoms. The van der Waals surface area contributed by atoms with Crippen molar-refractivity contribution >= 4 is 18.6 Å². The number of thiol groups is 1. The Morgan fingerprint density at radius 2 is 2.29 bits per heavy atom. The third-order valence-electron chi connectivity index (χ3n) is 1.61. The molecule has 0 aliphatic rings. The van der Waals surface area contributed by atoms with Gasteiger partial charge in [0, 0.05) is 4.90 Å². The molecule has 0 radical (unpaired) electrons. The molecule has 1 rings (SSSR count). The van der Waals surface area contributed by atoms with Gasteiger partial charge in [0.05, 0.1) is 18.2 Å². The zero-order chi connectivity index (χ0) is 10.7. The Morgan fingerprint density at radius 1 is 1.64 bits per heavy atom. The Morgan fingerprint density at radius 3 is 2.79 bits per heavy atom. The molecule has 0 bridgehead atoms. The smallest absolute Gasteiger partial charge is 0.339 e. The van der Waals surface area contributed by atoms with Crippen molar-refractivity contribution in [2.75, 3.05) is 7.11 Å². The lowest BCUT2D eigenvalue weighted by atomic mass is 10.1. The van der Waals surface area contributed by atoms with Crippen LogP contribution in [0, 0.1) is 17.1 Å². The molecular weight excluding hydrogens is 205 g/mol. The number of rotatable bonds is 1. The van der Waals surface area contributed by atoms with Crippen LogP contribution in [0.3, 0.4) is 0 Å². The maximum Gasteiger partial charge on any atom is 0.339 e. The number of methoxy groups -OCH3 is 1. The molecule has 1 aromatic carbocycles. The summed E-state index contributed by atoms with van der Waals surface area (Å²) in [6.45, 7) is 0. The maximum atomic E-state index is 12.9. The van der Waals surface area contributed by atoms with Crippen LogP contribution in [0.4, 0.5) is 4.39 Å². The minimum atomic E-state index is -0.683. The van der Waals surface area contributed by atoms with E-state index in [0.29, 0.717) is 0 Å². The summed E-state index contributed by atoms with van der Waals surface area (Å²) in [6, 6.07) is 3.83. The van der Waals surface area contributed by atoms with Gasteiger partial charge < -0.3 is 4.74 Å². The lowest BCUT2D eigenvalue weighted by Crippen LogP contribution is -2.05. The van der Waals surface area contributed by atoms with Crippen LogP contribution >= 0.6 is 12.6 Å². The molecule has 0 fully saturated rings. The molecule has 0 heterocycles. The predicted octanol–water partition coefficient (Wildman–Crippen LogP) is 1.77. The van der Waals surface area contributed by atoms with Gasteiger partial charge in [-0.25, -0.2) is 9.18 Å². The topological polar surface area (TPSA) is 50.1 Å². The molecule has 0 unspecified atom stereocenters. The van der Waals surface area contributed by atoms with Crippen molar-refractivity contribution in [3.05, 3.63) is 29.1 Å². The highest BCUT2D eigenvalue weighted by molar-refractivity contribution is 7.80. The number of carbonyl (C=O) groups excluding carboxylic acids is 1. The minimum Gasteiger partial charge on any atom is -0.465 e. The second kappa shape index (κ2) is 4.11. The SMILES string of the molecule is COC(=O)c1cc(S)c(F)cc1C#N. The highest BCUT2D eigenvalue weighted by Crippen LogP contribution is 2.19. The number of nitriles is 1. The van der Waals surface area contributed by atoms with Gasteiger partial charge in [-0.05, 0) is 12.1 Å². The summed E-state index contributed by atoms with van der Waals surface area (Å²) in [4.78, 5) is 11.1. The van der Waals surface area contributed by atoms with E-state index in [9.17, 15) is 9.18 Å². The number of esters is 1. The van der Waals surface area contributed by atoms with Crippen LogP contribution in [0.15, 0.2) is 17.0 Å². The van der Waals surface area contributed by atoms with E-state index in [1.807, 2.05) is 0 Å². The van der Waals surface area contributed by atoms with Gasteiger partial charge in [-0.1, -0.05) is 0 Å². The van der Waals surface area contributed by atoms with E-state index < -0.39 is 11.8 Å². The molecule has 3 nitrogen and oxygen atoms in total. The molecule has 72 valence electrons. The van der Waals surface area contributed by atoms with Gasteiger partial charge in [-0.15, -0.1) is 12.6 Å². The second-order valence-electron chi connectivity index (χ2n) is 2.45. The Bertz CT molecular complexity index is 426. The quantitative estimate of drug-likeness (QED) is 0.569. The fraction of sp³-hybridized carbons (Fsp3) is 0.111. The number of carbonyl (C=O) groups is 1. The Labute approximate surface area is 85.5 Å². The van der Waals surface area contributed by atoms with Crippen molar-refractivity contribution in [3.63, 3.8) is 0 Å². The van der Waals surface area contributed by atoms with E-state index in [1.165, 1.54) is 13.2 Å². The van der Waals surface area contributed by atoms with Gasteiger partial charge in [0.25, 0.3) is 0 Å². The largest absolute Gasteiger partial charge is 0.465 e. The number of nitrogens with zero attached hydrogens (tertiary/aromatic N) is 1. The molecule has 0 aliphatic heterocycles. The molecule has 1 aromatic rings. The molecule has 0 saturated heterocycles. The maximum absolute atomic E-state index is 12.9. The lowest BCUT2D eigenvalue weighted by Gasteiger charge is -2.03.